The van der Waals surface area contributed by atoms with E-state index in [2.05, 4.69) is 24.1 Å². The van der Waals surface area contributed by atoms with Crippen LogP contribution in [-0.4, -0.2) is 12.8 Å². The highest BCUT2D eigenvalue weighted by Gasteiger charge is 1.82. The minimum absolute atomic E-state index is 0.931. The molecule has 0 saturated carbocycles. The van der Waals surface area contributed by atoms with Crippen LogP contribution in [0.4, 0.5) is 0 Å². The Morgan fingerprint density at radius 2 is 2.44 bits per heavy atom. The molecular formula is C8H11N. The van der Waals surface area contributed by atoms with Crippen LogP contribution in [0.25, 0.3) is 0 Å². The van der Waals surface area contributed by atoms with Gasteiger partial charge in [0.05, 0.1) is 0 Å². The summed E-state index contributed by atoms with van der Waals surface area (Å²) in [4.78, 5) is 4.13. The van der Waals surface area contributed by atoms with E-state index in [0.29, 0.717) is 0 Å². The van der Waals surface area contributed by atoms with Gasteiger partial charge < -0.3 is 0 Å². The van der Waals surface area contributed by atoms with Gasteiger partial charge in [0.1, 0.15) is 0 Å². The normalized spacial score (nSPS) is 18.6. The van der Waals surface area contributed by atoms with Crippen molar-refractivity contribution in [2.45, 2.75) is 13.3 Å². The smallest absolute Gasteiger partial charge is 0.0423 e. The van der Waals surface area contributed by atoms with Crippen molar-refractivity contribution in [2.24, 2.45) is 4.99 Å². The van der Waals surface area contributed by atoms with Crippen LogP contribution >= 0.6 is 0 Å². The van der Waals surface area contributed by atoms with Crippen molar-refractivity contribution in [1.82, 2.24) is 0 Å². The van der Waals surface area contributed by atoms with Gasteiger partial charge in [-0.3, -0.25) is 4.99 Å². The number of aliphatic imine (C=N–C) groups is 1. The van der Waals surface area contributed by atoms with Gasteiger partial charge in [-0.05, 0) is 25.0 Å². The van der Waals surface area contributed by atoms with Gasteiger partial charge in [-0.15, -0.1) is 0 Å². The maximum absolute atomic E-state index is 4.13. The van der Waals surface area contributed by atoms with E-state index in [1.165, 1.54) is 5.57 Å². The molecule has 0 aromatic carbocycles. The monoisotopic (exact) mass is 121 g/mol. The molecule has 0 atom stereocenters. The second kappa shape index (κ2) is 3.23. The molecule has 1 aliphatic heterocycles. The molecule has 1 heterocycles. The van der Waals surface area contributed by atoms with Crippen molar-refractivity contribution in [2.75, 3.05) is 6.54 Å². The molecule has 0 aromatic rings. The molecular weight excluding hydrogens is 110 g/mol. The van der Waals surface area contributed by atoms with Gasteiger partial charge in [-0.2, -0.15) is 0 Å². The standard InChI is InChI=1S/C8H11N/c1-8-4-2-3-6-9-7-5-8/h2,4-5,7H,3,6H2,1H3. The molecule has 1 aliphatic rings. The lowest BCUT2D eigenvalue weighted by molar-refractivity contribution is 1.01. The largest absolute Gasteiger partial charge is 0.293 e. The Kier molecular flexibility index (Phi) is 2.25. The summed E-state index contributed by atoms with van der Waals surface area (Å²) in [5, 5.41) is 0. The van der Waals surface area contributed by atoms with Gasteiger partial charge >= 0.3 is 0 Å². The Balaban J connectivity index is 2.66. The van der Waals surface area contributed by atoms with Gasteiger partial charge in [-0.1, -0.05) is 12.2 Å². The van der Waals surface area contributed by atoms with E-state index in [1.54, 1.807) is 0 Å². The molecule has 1 nitrogen and oxygen atoms in total. The van der Waals surface area contributed by atoms with Crippen LogP contribution in [0.1, 0.15) is 13.3 Å². The van der Waals surface area contributed by atoms with Crippen LogP contribution in [0.5, 0.6) is 0 Å². The van der Waals surface area contributed by atoms with Crippen molar-refractivity contribution < 1.29 is 0 Å². The number of hydrogen-bond acceptors (Lipinski definition) is 1. The topological polar surface area (TPSA) is 12.4 Å². The minimum Gasteiger partial charge on any atom is -0.293 e. The molecule has 0 aliphatic carbocycles. The van der Waals surface area contributed by atoms with Crippen LogP contribution in [0.15, 0.2) is 28.8 Å². The van der Waals surface area contributed by atoms with Gasteiger partial charge in [0, 0.05) is 12.8 Å². The Morgan fingerprint density at radius 3 is 3.33 bits per heavy atom. The molecule has 0 N–H and O–H groups in total. The zero-order valence-electron chi connectivity index (χ0n) is 5.67. The van der Waals surface area contributed by atoms with Crippen LogP contribution in [0, 0.1) is 0 Å². The number of rotatable bonds is 0. The van der Waals surface area contributed by atoms with Crippen LogP contribution in [0.3, 0.4) is 0 Å². The fraction of sp³-hybridized carbons (Fsp3) is 0.375. The first-order valence-electron chi connectivity index (χ1n) is 3.23. The maximum Gasteiger partial charge on any atom is 0.0423 e. The second-order valence-corrected chi connectivity index (χ2v) is 2.16. The summed E-state index contributed by atoms with van der Waals surface area (Å²) in [6.45, 7) is 3.01. The van der Waals surface area contributed by atoms with Crippen molar-refractivity contribution >= 4 is 6.21 Å². The van der Waals surface area contributed by atoms with E-state index in [4.69, 9.17) is 0 Å². The Labute approximate surface area is 55.8 Å². The summed E-state index contributed by atoms with van der Waals surface area (Å²) < 4.78 is 0. The molecule has 0 amide bonds. The lowest BCUT2D eigenvalue weighted by atomic mass is 10.2. The summed E-state index contributed by atoms with van der Waals surface area (Å²) in [5.41, 5.74) is 1.28. The zero-order chi connectivity index (χ0) is 6.53. The van der Waals surface area contributed by atoms with Gasteiger partial charge in [0.25, 0.3) is 0 Å². The fourth-order valence-electron chi connectivity index (χ4n) is 0.719. The Hall–Kier alpha value is -0.850. The second-order valence-electron chi connectivity index (χ2n) is 2.16. The highest BCUT2D eigenvalue weighted by atomic mass is 14.7. The lowest BCUT2D eigenvalue weighted by Crippen LogP contribution is -1.82. The third-order valence-electron chi connectivity index (χ3n) is 1.25. The summed E-state index contributed by atoms with van der Waals surface area (Å²) in [7, 11) is 0. The molecule has 1 heteroatoms. The quantitative estimate of drug-likeness (QED) is 0.464. The molecule has 0 saturated heterocycles. The minimum atomic E-state index is 0.931. The zero-order valence-corrected chi connectivity index (χ0v) is 5.67. The number of allylic oxidation sites excluding steroid dienone is 3. The van der Waals surface area contributed by atoms with Crippen LogP contribution in [-0.2, 0) is 0 Å². The Bertz CT molecular complexity index is 163. The molecule has 1 rings (SSSR count). The maximum atomic E-state index is 4.13. The summed E-state index contributed by atoms with van der Waals surface area (Å²) in [6, 6.07) is 0. The van der Waals surface area contributed by atoms with E-state index >= 15 is 0 Å². The van der Waals surface area contributed by atoms with E-state index in [9.17, 15) is 0 Å². The molecule has 0 bridgehead atoms. The third-order valence-corrected chi connectivity index (χ3v) is 1.25. The van der Waals surface area contributed by atoms with E-state index in [-0.39, 0.29) is 0 Å². The van der Waals surface area contributed by atoms with Crippen molar-refractivity contribution in [3.05, 3.63) is 23.8 Å². The molecule has 0 aromatic heterocycles. The van der Waals surface area contributed by atoms with Crippen molar-refractivity contribution in [1.29, 1.82) is 0 Å². The average molecular weight is 121 g/mol. The molecule has 0 fully saturated rings. The lowest BCUT2D eigenvalue weighted by Gasteiger charge is -1.92. The fourth-order valence-corrected chi connectivity index (χ4v) is 0.719. The summed E-state index contributed by atoms with van der Waals surface area (Å²) in [6.07, 6.45) is 9.25. The van der Waals surface area contributed by atoms with E-state index in [0.717, 1.165) is 13.0 Å². The molecule has 48 valence electrons. The first kappa shape index (κ1) is 6.27. The highest BCUT2D eigenvalue weighted by molar-refractivity contribution is 5.72. The van der Waals surface area contributed by atoms with E-state index < -0.39 is 0 Å². The van der Waals surface area contributed by atoms with Crippen LogP contribution in [0.2, 0.25) is 0 Å². The predicted molar refractivity (Wildman–Crippen MR) is 40.9 cm³/mol. The molecule has 0 unspecified atom stereocenters. The molecule has 0 radical (unpaired) electrons. The first-order valence-corrected chi connectivity index (χ1v) is 3.23. The number of nitrogens with zero attached hydrogens (tertiary/aromatic N) is 1. The van der Waals surface area contributed by atoms with Crippen molar-refractivity contribution in [3.8, 4) is 0 Å². The number of hydrogen-bond donors (Lipinski definition) is 0. The summed E-state index contributed by atoms with van der Waals surface area (Å²) >= 11 is 0. The van der Waals surface area contributed by atoms with Crippen LogP contribution < -0.4 is 0 Å². The SMILES string of the molecule is CC1=CC=NCCC=C1. The summed E-state index contributed by atoms with van der Waals surface area (Å²) in [5.74, 6) is 0. The molecule has 0 spiro atoms. The van der Waals surface area contributed by atoms with Gasteiger partial charge in [0.2, 0.25) is 0 Å². The predicted octanol–water partition coefficient (Wildman–Crippen LogP) is 1.96. The Morgan fingerprint density at radius 1 is 1.56 bits per heavy atom. The van der Waals surface area contributed by atoms with Crippen molar-refractivity contribution in [3.63, 3.8) is 0 Å². The van der Waals surface area contributed by atoms with Gasteiger partial charge in [-0.25, -0.2) is 0 Å². The average Bonchev–Trinajstić information content (AvgIpc) is 1.79. The van der Waals surface area contributed by atoms with Gasteiger partial charge in [0.15, 0.2) is 0 Å². The first-order chi connectivity index (χ1) is 4.39. The molecule has 9 heavy (non-hydrogen) atoms. The van der Waals surface area contributed by atoms with E-state index in [1.807, 2.05) is 12.3 Å². The third kappa shape index (κ3) is 2.27. The highest BCUT2D eigenvalue weighted by Crippen LogP contribution is 1.97.